The first kappa shape index (κ1) is 20.6. The zero-order chi connectivity index (χ0) is 17.7. The van der Waals surface area contributed by atoms with E-state index >= 15 is 0 Å². The molecule has 2 aromatic rings. The van der Waals surface area contributed by atoms with Gasteiger partial charge in [-0.1, -0.05) is 23.5 Å². The predicted octanol–water partition coefficient (Wildman–Crippen LogP) is 2.25. The average Bonchev–Trinajstić information content (AvgIpc) is 3.09. The summed E-state index contributed by atoms with van der Waals surface area (Å²) < 4.78 is 10.6. The molecule has 0 saturated carbocycles. The number of rotatable bonds is 6. The van der Waals surface area contributed by atoms with Crippen LogP contribution in [-0.2, 0) is 16.0 Å². The first-order chi connectivity index (χ1) is 12.1. The van der Waals surface area contributed by atoms with Gasteiger partial charge in [0, 0.05) is 26.2 Å². The number of nitrogens with two attached hydrogens (primary N) is 1. The molecule has 7 nitrogen and oxygen atoms in total. The molecule has 1 fully saturated rings. The summed E-state index contributed by atoms with van der Waals surface area (Å²) in [5.41, 5.74) is 6.37. The fourth-order valence-electron chi connectivity index (χ4n) is 2.85. The van der Waals surface area contributed by atoms with Gasteiger partial charge in [-0.2, -0.15) is 0 Å². The van der Waals surface area contributed by atoms with Crippen LogP contribution < -0.4 is 15.8 Å². The Morgan fingerprint density at radius 3 is 2.85 bits per heavy atom. The standard InChI is InChI=1S/C17H22N4O3S.ClH/c1-23-13-4-2-3-12(9-13)10-14-20-21-16(25-14)19-15(22)17(11-18)5-7-24-8-6-17;/h2-4,9H,5-8,10-11,18H2,1H3,(H,19,21,22);1H. The number of carbonyl (C=O) groups excluding carboxylic acids is 1. The topological polar surface area (TPSA) is 99.4 Å². The molecule has 26 heavy (non-hydrogen) atoms. The highest BCUT2D eigenvalue weighted by molar-refractivity contribution is 7.15. The van der Waals surface area contributed by atoms with Crippen LogP contribution in [0.4, 0.5) is 5.13 Å². The number of carbonyl (C=O) groups is 1. The van der Waals surface area contributed by atoms with Gasteiger partial charge in [-0.05, 0) is 30.5 Å². The van der Waals surface area contributed by atoms with Gasteiger partial charge in [0.05, 0.1) is 12.5 Å². The lowest BCUT2D eigenvalue weighted by molar-refractivity contribution is -0.130. The number of amides is 1. The SMILES string of the molecule is COc1cccc(Cc2nnc(NC(=O)C3(CN)CCOCC3)s2)c1.Cl. The van der Waals surface area contributed by atoms with Crippen LogP contribution in [0.2, 0.25) is 0 Å². The molecule has 0 unspecified atom stereocenters. The summed E-state index contributed by atoms with van der Waals surface area (Å²) in [6.45, 7) is 1.42. The Morgan fingerprint density at radius 2 is 2.15 bits per heavy atom. The van der Waals surface area contributed by atoms with Gasteiger partial charge in [-0.25, -0.2) is 0 Å². The Bertz CT molecular complexity index is 734. The molecule has 0 radical (unpaired) electrons. The summed E-state index contributed by atoms with van der Waals surface area (Å²) in [6.07, 6.45) is 1.90. The van der Waals surface area contributed by atoms with Crippen LogP contribution in [-0.4, -0.2) is 43.0 Å². The van der Waals surface area contributed by atoms with E-state index in [9.17, 15) is 4.79 Å². The molecule has 3 rings (SSSR count). The highest BCUT2D eigenvalue weighted by atomic mass is 35.5. The molecule has 1 aliphatic rings. The summed E-state index contributed by atoms with van der Waals surface area (Å²) in [5, 5.41) is 12.5. The smallest absolute Gasteiger partial charge is 0.233 e. The van der Waals surface area contributed by atoms with Gasteiger partial charge < -0.3 is 15.2 Å². The van der Waals surface area contributed by atoms with E-state index in [1.165, 1.54) is 11.3 Å². The summed E-state index contributed by atoms with van der Waals surface area (Å²) in [6, 6.07) is 7.81. The van der Waals surface area contributed by atoms with Crippen molar-refractivity contribution in [1.29, 1.82) is 0 Å². The molecule has 1 aliphatic heterocycles. The number of hydrogen-bond acceptors (Lipinski definition) is 7. The molecular weight excluding hydrogens is 376 g/mol. The third-order valence-corrected chi connectivity index (χ3v) is 5.34. The molecular formula is C17H23ClN4O3S. The summed E-state index contributed by atoms with van der Waals surface area (Å²) in [4.78, 5) is 12.6. The van der Waals surface area contributed by atoms with E-state index in [0.717, 1.165) is 16.3 Å². The average molecular weight is 399 g/mol. The fraction of sp³-hybridized carbons (Fsp3) is 0.471. The van der Waals surface area contributed by atoms with Gasteiger partial charge in [0.25, 0.3) is 0 Å². The van der Waals surface area contributed by atoms with E-state index < -0.39 is 5.41 Å². The van der Waals surface area contributed by atoms with E-state index in [0.29, 0.717) is 44.2 Å². The molecule has 1 aromatic carbocycles. The second-order valence-electron chi connectivity index (χ2n) is 6.08. The summed E-state index contributed by atoms with van der Waals surface area (Å²) in [5.74, 6) is 0.710. The zero-order valence-electron chi connectivity index (χ0n) is 14.6. The first-order valence-electron chi connectivity index (χ1n) is 8.20. The van der Waals surface area contributed by atoms with Crippen molar-refractivity contribution < 1.29 is 14.3 Å². The number of nitrogens with one attached hydrogen (secondary N) is 1. The van der Waals surface area contributed by atoms with Crippen LogP contribution >= 0.6 is 23.7 Å². The van der Waals surface area contributed by atoms with Gasteiger partial charge >= 0.3 is 0 Å². The third kappa shape index (κ3) is 4.70. The quantitative estimate of drug-likeness (QED) is 0.774. The molecule has 0 aliphatic carbocycles. The number of methoxy groups -OCH3 is 1. The van der Waals surface area contributed by atoms with Crippen LogP contribution in [0.1, 0.15) is 23.4 Å². The van der Waals surface area contributed by atoms with Crippen molar-refractivity contribution in [3.8, 4) is 5.75 Å². The Morgan fingerprint density at radius 1 is 1.38 bits per heavy atom. The van der Waals surface area contributed by atoms with E-state index in [1.54, 1.807) is 7.11 Å². The maximum atomic E-state index is 12.6. The van der Waals surface area contributed by atoms with Crippen molar-refractivity contribution in [2.45, 2.75) is 19.3 Å². The van der Waals surface area contributed by atoms with Gasteiger partial charge in [0.1, 0.15) is 10.8 Å². The van der Waals surface area contributed by atoms with Gasteiger partial charge in [-0.3, -0.25) is 10.1 Å². The Balaban J connectivity index is 0.00000243. The molecule has 3 N–H and O–H groups in total. The lowest BCUT2D eigenvalue weighted by atomic mass is 9.79. The lowest BCUT2D eigenvalue weighted by Crippen LogP contribution is -2.46. The highest BCUT2D eigenvalue weighted by Gasteiger charge is 2.39. The van der Waals surface area contributed by atoms with Crippen molar-refractivity contribution >= 4 is 34.8 Å². The second kappa shape index (κ2) is 9.27. The van der Waals surface area contributed by atoms with E-state index in [1.807, 2.05) is 24.3 Å². The van der Waals surface area contributed by atoms with E-state index in [-0.39, 0.29) is 18.3 Å². The molecule has 142 valence electrons. The van der Waals surface area contributed by atoms with Crippen molar-refractivity contribution in [3.05, 3.63) is 34.8 Å². The molecule has 1 aromatic heterocycles. The molecule has 1 amide bonds. The number of benzene rings is 1. The number of nitrogens with zero attached hydrogens (tertiary/aromatic N) is 2. The maximum Gasteiger partial charge on any atom is 0.233 e. The zero-order valence-corrected chi connectivity index (χ0v) is 16.2. The number of aromatic nitrogens is 2. The lowest BCUT2D eigenvalue weighted by Gasteiger charge is -2.34. The van der Waals surface area contributed by atoms with E-state index in [4.69, 9.17) is 15.2 Å². The third-order valence-electron chi connectivity index (χ3n) is 4.50. The largest absolute Gasteiger partial charge is 0.497 e. The van der Waals surface area contributed by atoms with Crippen molar-refractivity contribution in [1.82, 2.24) is 10.2 Å². The maximum absolute atomic E-state index is 12.6. The molecule has 0 atom stereocenters. The van der Waals surface area contributed by atoms with Gasteiger partial charge in [0.2, 0.25) is 11.0 Å². The number of anilines is 1. The van der Waals surface area contributed by atoms with Crippen molar-refractivity contribution in [2.24, 2.45) is 11.1 Å². The monoisotopic (exact) mass is 398 g/mol. The van der Waals surface area contributed by atoms with Crippen molar-refractivity contribution in [3.63, 3.8) is 0 Å². The first-order valence-corrected chi connectivity index (χ1v) is 9.01. The van der Waals surface area contributed by atoms with Crippen molar-refractivity contribution in [2.75, 3.05) is 32.2 Å². The van der Waals surface area contributed by atoms with Crippen LogP contribution in [0.15, 0.2) is 24.3 Å². The normalized spacial score (nSPS) is 15.8. The fourth-order valence-corrected chi connectivity index (χ4v) is 3.62. The molecule has 0 bridgehead atoms. The minimum Gasteiger partial charge on any atom is -0.497 e. The number of halogens is 1. The Labute approximate surface area is 162 Å². The second-order valence-corrected chi connectivity index (χ2v) is 7.14. The molecule has 2 heterocycles. The van der Waals surface area contributed by atoms with Gasteiger partial charge in [-0.15, -0.1) is 22.6 Å². The highest BCUT2D eigenvalue weighted by Crippen LogP contribution is 2.31. The predicted molar refractivity (Wildman–Crippen MR) is 103 cm³/mol. The minimum absolute atomic E-state index is 0. The number of hydrogen-bond donors (Lipinski definition) is 2. The minimum atomic E-state index is -0.573. The van der Waals surface area contributed by atoms with E-state index in [2.05, 4.69) is 15.5 Å². The van der Waals surface area contributed by atoms with Crippen LogP contribution in [0.3, 0.4) is 0 Å². The molecule has 0 spiro atoms. The Kier molecular flexibility index (Phi) is 7.33. The molecule has 1 saturated heterocycles. The van der Waals surface area contributed by atoms with Gasteiger partial charge in [0.15, 0.2) is 0 Å². The Hall–Kier alpha value is -1.74. The number of ether oxygens (including phenoxy) is 2. The van der Waals surface area contributed by atoms with Crippen LogP contribution in [0.25, 0.3) is 0 Å². The van der Waals surface area contributed by atoms with Crippen LogP contribution in [0.5, 0.6) is 5.75 Å². The van der Waals surface area contributed by atoms with Crippen LogP contribution in [0, 0.1) is 5.41 Å². The summed E-state index contributed by atoms with van der Waals surface area (Å²) >= 11 is 1.38. The molecule has 9 heteroatoms. The summed E-state index contributed by atoms with van der Waals surface area (Å²) in [7, 11) is 1.64.